The molecule has 1 nitrogen and oxygen atoms in total. The molecule has 0 spiro atoms. The Hall–Kier alpha value is 0.440. The van der Waals surface area contributed by atoms with Crippen LogP contribution < -0.4 is 0 Å². The maximum Gasteiger partial charge on any atom is 0.0670 e. The van der Waals surface area contributed by atoms with E-state index in [0.29, 0.717) is 6.10 Å². The van der Waals surface area contributed by atoms with Crippen LogP contribution in [0, 0.1) is 5.92 Å². The molecule has 0 bridgehead atoms. The van der Waals surface area contributed by atoms with E-state index < -0.39 is 0 Å². The summed E-state index contributed by atoms with van der Waals surface area (Å²) in [5.41, 5.74) is 0. The molecule has 0 aromatic rings. The summed E-state index contributed by atoms with van der Waals surface area (Å²) in [5, 5.41) is 0.946. The molecule has 0 aliphatic carbocycles. The van der Waals surface area contributed by atoms with E-state index >= 15 is 0 Å². The van der Waals surface area contributed by atoms with Gasteiger partial charge in [-0.05, 0) is 12.3 Å². The number of hydrogen-bond acceptors (Lipinski definition) is 1. The van der Waals surface area contributed by atoms with Crippen LogP contribution in [0.1, 0.15) is 20.3 Å². The topological polar surface area (TPSA) is 9.23 Å². The fraction of sp³-hybridized carbons (Fsp3) is 1.00. The van der Waals surface area contributed by atoms with Crippen LogP contribution in [-0.4, -0.2) is 18.5 Å². The van der Waals surface area contributed by atoms with E-state index in [4.69, 9.17) is 4.74 Å². The second-order valence-corrected chi connectivity index (χ2v) is 3.29. The first-order valence-electron chi connectivity index (χ1n) is 3.29. The molecule has 0 fully saturated rings. The van der Waals surface area contributed by atoms with Gasteiger partial charge < -0.3 is 4.74 Å². The van der Waals surface area contributed by atoms with Crippen LogP contribution in [-0.2, 0) is 4.74 Å². The Morgan fingerprint density at radius 3 is 2.11 bits per heavy atom. The van der Waals surface area contributed by atoms with E-state index in [1.165, 1.54) is 0 Å². The van der Waals surface area contributed by atoms with E-state index in [9.17, 15) is 0 Å². The number of methoxy groups -OCH3 is 1. The number of halogens is 1. The molecule has 9 heavy (non-hydrogen) atoms. The highest BCUT2D eigenvalue weighted by Crippen LogP contribution is 2.08. The van der Waals surface area contributed by atoms with Gasteiger partial charge in [0.1, 0.15) is 0 Å². The molecule has 2 heteroatoms. The lowest BCUT2D eigenvalue weighted by molar-refractivity contribution is 0.104. The lowest BCUT2D eigenvalue weighted by Crippen LogP contribution is -2.14. The van der Waals surface area contributed by atoms with Gasteiger partial charge in [-0.25, -0.2) is 0 Å². The summed E-state index contributed by atoms with van der Waals surface area (Å²) in [6, 6.07) is 0. The minimum atomic E-state index is 0.394. The van der Waals surface area contributed by atoms with Crippen molar-refractivity contribution in [2.24, 2.45) is 5.92 Å². The van der Waals surface area contributed by atoms with E-state index in [1.54, 1.807) is 7.11 Å². The zero-order chi connectivity index (χ0) is 7.28. The van der Waals surface area contributed by atoms with Crippen molar-refractivity contribution in [2.45, 2.75) is 26.4 Å². The Kier molecular flexibility index (Phi) is 5.50. The SMILES string of the molecule is CO[C@H](CBr)CC(C)C. The summed E-state index contributed by atoms with van der Waals surface area (Å²) in [4.78, 5) is 0. The number of rotatable bonds is 4. The molecule has 0 amide bonds. The normalized spacial score (nSPS) is 14.3. The van der Waals surface area contributed by atoms with Gasteiger partial charge >= 0.3 is 0 Å². The third-order valence-corrected chi connectivity index (χ3v) is 1.96. The van der Waals surface area contributed by atoms with Gasteiger partial charge in [-0.15, -0.1) is 0 Å². The van der Waals surface area contributed by atoms with E-state index in [1.807, 2.05) is 0 Å². The van der Waals surface area contributed by atoms with Crippen LogP contribution in [0.4, 0.5) is 0 Å². The highest BCUT2D eigenvalue weighted by Gasteiger charge is 2.06. The molecule has 1 atom stereocenters. The maximum atomic E-state index is 5.16. The van der Waals surface area contributed by atoms with Crippen molar-refractivity contribution in [1.29, 1.82) is 0 Å². The fourth-order valence-corrected chi connectivity index (χ4v) is 1.28. The predicted octanol–water partition coefficient (Wildman–Crippen LogP) is 2.44. The highest BCUT2D eigenvalue weighted by molar-refractivity contribution is 9.09. The standard InChI is InChI=1S/C7H15BrO/c1-6(2)4-7(5-8)9-3/h6-7H,4-5H2,1-3H3/t7-/m0/s1. The summed E-state index contributed by atoms with van der Waals surface area (Å²) in [7, 11) is 1.76. The third-order valence-electron chi connectivity index (χ3n) is 1.24. The first kappa shape index (κ1) is 9.44. The molecule has 0 saturated heterocycles. The molecular weight excluding hydrogens is 180 g/mol. The first-order valence-corrected chi connectivity index (χ1v) is 4.41. The Morgan fingerprint density at radius 2 is 2.00 bits per heavy atom. The maximum absolute atomic E-state index is 5.16. The zero-order valence-electron chi connectivity index (χ0n) is 6.36. The van der Waals surface area contributed by atoms with Crippen molar-refractivity contribution in [3.05, 3.63) is 0 Å². The van der Waals surface area contributed by atoms with Crippen molar-refractivity contribution in [3.8, 4) is 0 Å². The largest absolute Gasteiger partial charge is 0.381 e. The van der Waals surface area contributed by atoms with Crippen molar-refractivity contribution in [1.82, 2.24) is 0 Å². The summed E-state index contributed by atoms with van der Waals surface area (Å²) in [6.45, 7) is 4.41. The molecule has 0 aromatic heterocycles. The monoisotopic (exact) mass is 194 g/mol. The summed E-state index contributed by atoms with van der Waals surface area (Å²) < 4.78 is 5.16. The van der Waals surface area contributed by atoms with E-state index in [2.05, 4.69) is 29.8 Å². The third kappa shape index (κ3) is 4.91. The van der Waals surface area contributed by atoms with Crippen LogP contribution in [0.3, 0.4) is 0 Å². The Morgan fingerprint density at radius 1 is 1.44 bits per heavy atom. The van der Waals surface area contributed by atoms with Gasteiger partial charge in [0.15, 0.2) is 0 Å². The second-order valence-electron chi connectivity index (χ2n) is 2.64. The molecule has 0 unspecified atom stereocenters. The molecule has 56 valence electrons. The first-order chi connectivity index (χ1) is 4.20. The van der Waals surface area contributed by atoms with Gasteiger partial charge in [-0.1, -0.05) is 29.8 Å². The zero-order valence-corrected chi connectivity index (χ0v) is 7.94. The van der Waals surface area contributed by atoms with Crippen LogP contribution in [0.2, 0.25) is 0 Å². The Balaban J connectivity index is 3.31. The molecule has 0 rings (SSSR count). The Labute approximate surface area is 65.9 Å². The van der Waals surface area contributed by atoms with Crippen molar-refractivity contribution >= 4 is 15.9 Å². The smallest absolute Gasteiger partial charge is 0.0670 e. The minimum Gasteiger partial charge on any atom is -0.381 e. The molecule has 0 heterocycles. The molecule has 0 aliphatic rings. The lowest BCUT2D eigenvalue weighted by atomic mass is 10.1. The quantitative estimate of drug-likeness (QED) is 0.626. The molecule has 0 saturated carbocycles. The molecule has 0 N–H and O–H groups in total. The van der Waals surface area contributed by atoms with Crippen LogP contribution in [0.15, 0.2) is 0 Å². The lowest BCUT2D eigenvalue weighted by Gasteiger charge is -2.13. The van der Waals surface area contributed by atoms with Gasteiger partial charge in [0.25, 0.3) is 0 Å². The van der Waals surface area contributed by atoms with Gasteiger partial charge in [-0.3, -0.25) is 0 Å². The minimum absolute atomic E-state index is 0.394. The van der Waals surface area contributed by atoms with Gasteiger partial charge in [-0.2, -0.15) is 0 Å². The van der Waals surface area contributed by atoms with Crippen molar-refractivity contribution < 1.29 is 4.74 Å². The molecule has 0 aromatic carbocycles. The second kappa shape index (κ2) is 5.24. The number of hydrogen-bond donors (Lipinski definition) is 0. The van der Waals surface area contributed by atoms with Gasteiger partial charge in [0.05, 0.1) is 6.10 Å². The van der Waals surface area contributed by atoms with Gasteiger partial charge in [0.2, 0.25) is 0 Å². The predicted molar refractivity (Wildman–Crippen MR) is 44.0 cm³/mol. The number of alkyl halides is 1. The molecule has 0 aliphatic heterocycles. The van der Waals surface area contributed by atoms with Crippen LogP contribution in [0.5, 0.6) is 0 Å². The van der Waals surface area contributed by atoms with Crippen molar-refractivity contribution in [2.75, 3.05) is 12.4 Å². The van der Waals surface area contributed by atoms with Gasteiger partial charge in [0, 0.05) is 12.4 Å². The number of ether oxygens (including phenoxy) is 1. The van der Waals surface area contributed by atoms with E-state index in [0.717, 1.165) is 17.7 Å². The molecule has 0 radical (unpaired) electrons. The average molecular weight is 195 g/mol. The van der Waals surface area contributed by atoms with E-state index in [-0.39, 0.29) is 0 Å². The molecular formula is C7H15BrO. The highest BCUT2D eigenvalue weighted by atomic mass is 79.9. The summed E-state index contributed by atoms with van der Waals surface area (Å²) >= 11 is 3.38. The Bertz CT molecular complexity index is 59.9. The van der Waals surface area contributed by atoms with Crippen LogP contribution in [0.25, 0.3) is 0 Å². The summed E-state index contributed by atoms with van der Waals surface area (Å²) in [6.07, 6.45) is 1.53. The fourth-order valence-electron chi connectivity index (χ4n) is 0.748. The van der Waals surface area contributed by atoms with Crippen LogP contribution >= 0.6 is 15.9 Å². The summed E-state index contributed by atoms with van der Waals surface area (Å²) in [5.74, 6) is 0.729. The van der Waals surface area contributed by atoms with Crippen molar-refractivity contribution in [3.63, 3.8) is 0 Å². The average Bonchev–Trinajstić information content (AvgIpc) is 1.82.